The first kappa shape index (κ1) is 35.6. The van der Waals surface area contributed by atoms with Crippen LogP contribution in [0.15, 0.2) is 133 Å². The van der Waals surface area contributed by atoms with E-state index in [-0.39, 0.29) is 30.6 Å². The number of H-pyrrole nitrogens is 2. The van der Waals surface area contributed by atoms with Gasteiger partial charge in [0.25, 0.3) is 0 Å². The normalized spacial score (nSPS) is 11.5. The van der Waals surface area contributed by atoms with E-state index >= 15 is 0 Å². The molecule has 5 heterocycles. The summed E-state index contributed by atoms with van der Waals surface area (Å²) in [5.41, 5.74) is 8.48. The van der Waals surface area contributed by atoms with Crippen molar-refractivity contribution >= 4 is 56.1 Å². The van der Waals surface area contributed by atoms with E-state index in [4.69, 9.17) is 29.9 Å². The number of aromatic carboxylic acids is 2. The Bertz CT molecular complexity index is 3410. The van der Waals surface area contributed by atoms with Crippen molar-refractivity contribution in [3.63, 3.8) is 0 Å². The second-order valence-electron chi connectivity index (χ2n) is 13.9. The second-order valence-corrected chi connectivity index (χ2v) is 13.9. The van der Waals surface area contributed by atoms with Crippen molar-refractivity contribution < 1.29 is 39.3 Å². The molecule has 3 aromatic heterocycles. The van der Waals surface area contributed by atoms with Crippen LogP contribution in [0.1, 0.15) is 20.7 Å². The van der Waals surface area contributed by atoms with Gasteiger partial charge in [0, 0.05) is 68.8 Å². The van der Waals surface area contributed by atoms with Gasteiger partial charge in [-0.3, -0.25) is 0 Å². The molecule has 59 heavy (non-hydrogen) atoms. The Balaban J connectivity index is 0.00000420. The second kappa shape index (κ2) is 13.7. The first-order chi connectivity index (χ1) is 28.4. The van der Waals surface area contributed by atoms with Crippen molar-refractivity contribution in [3.05, 3.63) is 145 Å². The molecule has 6 aromatic carbocycles. The van der Waals surface area contributed by atoms with Gasteiger partial charge in [0.1, 0.15) is 22.6 Å². The van der Waals surface area contributed by atoms with E-state index in [1.165, 1.54) is 0 Å². The quantitative estimate of drug-likeness (QED) is 0.125. The molecular weight excluding hydrogens is 794 g/mol. The van der Waals surface area contributed by atoms with Crippen LogP contribution in [-0.4, -0.2) is 62.0 Å². The summed E-state index contributed by atoms with van der Waals surface area (Å²) in [5.74, 6) is -0.298. The molecule has 276 valence electrons. The molecule has 0 unspecified atom stereocenters. The number of carbonyl (C=O) groups is 2. The van der Waals surface area contributed by atoms with Crippen LogP contribution in [0.2, 0.25) is 0 Å². The van der Waals surface area contributed by atoms with Gasteiger partial charge in [-0.05, 0) is 47.0 Å². The maximum absolute atomic E-state index is 11.9. The van der Waals surface area contributed by atoms with Crippen molar-refractivity contribution in [1.82, 2.24) is 39.9 Å². The van der Waals surface area contributed by atoms with Gasteiger partial charge in [-0.25, -0.2) is 39.5 Å². The van der Waals surface area contributed by atoms with Gasteiger partial charge in [0.2, 0.25) is 0 Å². The zero-order valence-electron chi connectivity index (χ0n) is 30.8. The standard InChI is InChI=1S/C46H26N8O4.Zn/c55-45(56)25-17-13-23(14-18-25)27-21-22-34-36(35(27)24-15-19-26(20-16-24)46(57)58)44-53-42-33-12-6-5-11-32(33)40(51-42)49-38-29-8-2-1-7-28(29)37(47-38)48-39-30-9-3-4-10-31(30)41(50-39)52-43(34)54-44;/h1-22H,(H,55,56)(H,57,58)(H2,47,48,49,50,51,52,53,54);. The largest absolute Gasteiger partial charge is 0.478 e. The molecule has 13 heteroatoms. The fraction of sp³-hybridized carbons (Fsp3) is 0. The van der Waals surface area contributed by atoms with Gasteiger partial charge in [-0.1, -0.05) is 103 Å². The number of carboxylic acids is 2. The number of hydrogen-bond donors (Lipinski definition) is 4. The maximum atomic E-state index is 11.9. The molecule has 0 saturated carbocycles. The molecule has 11 rings (SSSR count). The van der Waals surface area contributed by atoms with Crippen molar-refractivity contribution in [3.8, 4) is 67.8 Å². The Morgan fingerprint density at radius 1 is 0.373 bits per heavy atom. The summed E-state index contributed by atoms with van der Waals surface area (Å²) in [7, 11) is 0. The van der Waals surface area contributed by atoms with Crippen LogP contribution in [0.5, 0.6) is 0 Å². The first-order valence-corrected chi connectivity index (χ1v) is 18.3. The summed E-state index contributed by atoms with van der Waals surface area (Å²) in [4.78, 5) is 61.3. The molecular formula is C46H26N8O4Zn. The molecule has 12 nitrogen and oxygen atoms in total. The van der Waals surface area contributed by atoms with E-state index < -0.39 is 11.9 Å². The number of nitrogens with one attached hydrogen (secondary N) is 2. The van der Waals surface area contributed by atoms with E-state index in [0.717, 1.165) is 49.4 Å². The van der Waals surface area contributed by atoms with Crippen molar-refractivity contribution in [1.29, 1.82) is 0 Å². The van der Waals surface area contributed by atoms with Gasteiger partial charge >= 0.3 is 11.9 Å². The first-order valence-electron chi connectivity index (χ1n) is 18.3. The zero-order chi connectivity index (χ0) is 39.1. The number of aromatic nitrogens is 8. The molecule has 0 spiro atoms. The fourth-order valence-electron chi connectivity index (χ4n) is 7.84. The third kappa shape index (κ3) is 5.78. The molecule has 0 fully saturated rings. The molecule has 2 aliphatic rings. The summed E-state index contributed by atoms with van der Waals surface area (Å²) < 4.78 is 0. The Labute approximate surface area is 346 Å². The SMILES string of the molecule is O=C(O)c1ccc(-c2ccc3c(c2-c2ccc(C(=O)O)cc2)-c2nc-3nc3[nH]c(nc4nc(nc5[nH]c(n2)c2ccccc52)-c2ccccc2-4)c2ccccc32)cc1.[Zn]. The zero-order valence-corrected chi connectivity index (χ0v) is 33.8. The fourth-order valence-corrected chi connectivity index (χ4v) is 7.84. The molecule has 4 N–H and O–H groups in total. The van der Waals surface area contributed by atoms with Gasteiger partial charge in [0.05, 0.1) is 11.1 Å². The minimum atomic E-state index is -1.05. The smallest absolute Gasteiger partial charge is 0.335 e. The summed E-state index contributed by atoms with van der Waals surface area (Å²) in [6, 6.07) is 40.7. The Kier molecular flexibility index (Phi) is 8.29. The van der Waals surface area contributed by atoms with Gasteiger partial charge < -0.3 is 20.2 Å². The number of fused-ring (bicyclic) bond motifs is 20. The number of benzene rings is 6. The van der Waals surface area contributed by atoms with Gasteiger partial charge in [-0.15, -0.1) is 0 Å². The van der Waals surface area contributed by atoms with Crippen molar-refractivity contribution in [2.75, 3.05) is 0 Å². The third-order valence-corrected chi connectivity index (χ3v) is 10.6. The number of aromatic amines is 2. The average Bonchev–Trinajstić information content (AvgIpc) is 3.99. The molecule has 0 atom stereocenters. The molecule has 0 saturated heterocycles. The van der Waals surface area contributed by atoms with E-state index in [1.807, 2.05) is 84.9 Å². The minimum Gasteiger partial charge on any atom is -0.478 e. The summed E-state index contributed by atoms with van der Waals surface area (Å²) >= 11 is 0. The monoisotopic (exact) mass is 818 g/mol. The summed E-state index contributed by atoms with van der Waals surface area (Å²) in [6.45, 7) is 0. The van der Waals surface area contributed by atoms with E-state index in [9.17, 15) is 19.8 Å². The van der Waals surface area contributed by atoms with Gasteiger partial charge in [0.15, 0.2) is 23.3 Å². The molecule has 0 amide bonds. The predicted octanol–water partition coefficient (Wildman–Crippen LogP) is 9.60. The number of hydrogen-bond acceptors (Lipinski definition) is 8. The topological polar surface area (TPSA) is 184 Å². The molecule has 2 aliphatic heterocycles. The molecule has 0 radical (unpaired) electrons. The van der Waals surface area contributed by atoms with E-state index in [1.54, 1.807) is 48.5 Å². The third-order valence-electron chi connectivity index (χ3n) is 10.6. The van der Waals surface area contributed by atoms with Crippen molar-refractivity contribution in [2.24, 2.45) is 0 Å². The maximum Gasteiger partial charge on any atom is 0.335 e. The Hall–Kier alpha value is -7.76. The molecule has 0 aliphatic carbocycles. The summed E-state index contributed by atoms with van der Waals surface area (Å²) in [6.07, 6.45) is 0. The molecule has 8 bridgehead atoms. The minimum absolute atomic E-state index is 0. The molecule has 9 aromatic rings. The van der Waals surface area contributed by atoms with Crippen LogP contribution in [0.4, 0.5) is 0 Å². The number of nitrogens with zero attached hydrogens (tertiary/aromatic N) is 6. The Morgan fingerprint density at radius 2 is 0.746 bits per heavy atom. The predicted molar refractivity (Wildman–Crippen MR) is 221 cm³/mol. The van der Waals surface area contributed by atoms with Crippen LogP contribution < -0.4 is 0 Å². The Morgan fingerprint density at radius 3 is 1.20 bits per heavy atom. The van der Waals surface area contributed by atoms with E-state index in [0.29, 0.717) is 62.6 Å². The average molecular weight is 820 g/mol. The van der Waals surface area contributed by atoms with E-state index in [2.05, 4.69) is 9.97 Å². The van der Waals surface area contributed by atoms with Crippen LogP contribution in [0.3, 0.4) is 0 Å². The number of carboxylic acid groups (broad SMARTS) is 2. The van der Waals surface area contributed by atoms with Crippen molar-refractivity contribution in [2.45, 2.75) is 0 Å². The number of rotatable bonds is 4. The van der Waals surface area contributed by atoms with Crippen LogP contribution in [-0.2, 0) is 19.5 Å². The van der Waals surface area contributed by atoms with Gasteiger partial charge in [-0.2, -0.15) is 0 Å². The van der Waals surface area contributed by atoms with Crippen LogP contribution in [0.25, 0.3) is 112 Å². The summed E-state index contributed by atoms with van der Waals surface area (Å²) in [5, 5.41) is 22.8. The van der Waals surface area contributed by atoms with Crippen LogP contribution >= 0.6 is 0 Å². The van der Waals surface area contributed by atoms with Crippen LogP contribution in [0, 0.1) is 0 Å².